The molecule has 1 aromatic heterocycles. The second kappa shape index (κ2) is 6.33. The van der Waals surface area contributed by atoms with Gasteiger partial charge in [0.1, 0.15) is 11.8 Å². The number of fused-ring (bicyclic) bond motifs is 1. The molecule has 0 atom stereocenters. The van der Waals surface area contributed by atoms with Gasteiger partial charge >= 0.3 is 0 Å². The van der Waals surface area contributed by atoms with E-state index in [1.54, 1.807) is 30.3 Å². The van der Waals surface area contributed by atoms with Crippen LogP contribution < -0.4 is 5.43 Å². The van der Waals surface area contributed by atoms with Crippen molar-refractivity contribution in [1.82, 2.24) is 0 Å². The van der Waals surface area contributed by atoms with E-state index in [9.17, 15) is 13.2 Å². The Hall–Kier alpha value is -2.25. The van der Waals surface area contributed by atoms with Gasteiger partial charge in [0.15, 0.2) is 0 Å². The zero-order chi connectivity index (χ0) is 17.3. The van der Waals surface area contributed by atoms with E-state index < -0.39 is 10.0 Å². The van der Waals surface area contributed by atoms with E-state index in [4.69, 9.17) is 4.42 Å². The van der Waals surface area contributed by atoms with E-state index in [0.29, 0.717) is 11.0 Å². The first-order valence-corrected chi connectivity index (χ1v) is 9.18. The smallest absolute Gasteiger partial charge is 0.282 e. The SMILES string of the molecule is Cc1ccc(S(=O)(=O)/N=C/c2coc3ccc(Br)cc3c2=O)cc1. The summed E-state index contributed by atoms with van der Waals surface area (Å²) in [4.78, 5) is 12.5. The molecule has 5 nitrogen and oxygen atoms in total. The number of benzene rings is 2. The molecular formula is C17H12BrNO4S. The van der Waals surface area contributed by atoms with E-state index in [1.165, 1.54) is 18.4 Å². The van der Waals surface area contributed by atoms with Gasteiger partial charge in [0.05, 0.1) is 22.1 Å². The van der Waals surface area contributed by atoms with Gasteiger partial charge in [-0.05, 0) is 37.3 Å². The van der Waals surface area contributed by atoms with Crippen molar-refractivity contribution < 1.29 is 12.8 Å². The lowest BCUT2D eigenvalue weighted by molar-refractivity contribution is 0.598. The number of hydrogen-bond donors (Lipinski definition) is 0. The molecule has 24 heavy (non-hydrogen) atoms. The molecule has 0 bridgehead atoms. The summed E-state index contributed by atoms with van der Waals surface area (Å²) in [5.41, 5.74) is 1.08. The molecule has 0 aliphatic carbocycles. The van der Waals surface area contributed by atoms with Gasteiger partial charge in [0.2, 0.25) is 5.43 Å². The maximum atomic E-state index is 12.4. The van der Waals surface area contributed by atoms with Gasteiger partial charge in [-0.25, -0.2) is 0 Å². The van der Waals surface area contributed by atoms with E-state index in [1.807, 2.05) is 6.92 Å². The summed E-state index contributed by atoms with van der Waals surface area (Å²) in [5, 5.41) is 0.348. The van der Waals surface area contributed by atoms with Crippen LogP contribution in [0.1, 0.15) is 11.1 Å². The highest BCUT2D eigenvalue weighted by Crippen LogP contribution is 2.18. The molecule has 3 rings (SSSR count). The van der Waals surface area contributed by atoms with Gasteiger partial charge in [-0.1, -0.05) is 33.6 Å². The Labute approximate surface area is 146 Å². The molecule has 0 aliphatic rings. The molecule has 0 radical (unpaired) electrons. The van der Waals surface area contributed by atoms with E-state index in [0.717, 1.165) is 16.3 Å². The highest BCUT2D eigenvalue weighted by molar-refractivity contribution is 9.10. The number of rotatable bonds is 3. The van der Waals surface area contributed by atoms with Crippen LogP contribution >= 0.6 is 15.9 Å². The average Bonchev–Trinajstić information content (AvgIpc) is 2.55. The van der Waals surface area contributed by atoms with Crippen molar-refractivity contribution in [3.63, 3.8) is 0 Å². The van der Waals surface area contributed by atoms with Crippen molar-refractivity contribution in [2.45, 2.75) is 11.8 Å². The first kappa shape index (κ1) is 16.6. The molecule has 0 amide bonds. The average molecular weight is 406 g/mol. The van der Waals surface area contributed by atoms with Crippen LogP contribution in [0, 0.1) is 6.92 Å². The minimum absolute atomic E-state index is 0.0660. The van der Waals surface area contributed by atoms with Crippen LogP contribution in [0.3, 0.4) is 0 Å². The molecule has 3 aromatic rings. The third-order valence-corrected chi connectivity index (χ3v) is 5.15. The fourth-order valence-corrected chi connectivity index (χ4v) is 3.32. The van der Waals surface area contributed by atoms with Crippen LogP contribution in [0.25, 0.3) is 11.0 Å². The molecule has 0 fully saturated rings. The first-order valence-electron chi connectivity index (χ1n) is 6.95. The second-order valence-electron chi connectivity index (χ2n) is 5.18. The predicted octanol–water partition coefficient (Wildman–Crippen LogP) is 3.67. The normalized spacial score (nSPS) is 12.1. The summed E-state index contributed by atoms with van der Waals surface area (Å²) in [7, 11) is -3.87. The molecule has 7 heteroatoms. The first-order chi connectivity index (χ1) is 11.4. The highest BCUT2D eigenvalue weighted by Gasteiger charge is 2.12. The summed E-state index contributed by atoms with van der Waals surface area (Å²) >= 11 is 3.29. The summed E-state index contributed by atoms with van der Waals surface area (Å²) in [6.07, 6.45) is 2.22. The Morgan fingerprint density at radius 2 is 1.83 bits per heavy atom. The van der Waals surface area contributed by atoms with Gasteiger partial charge in [-0.3, -0.25) is 4.79 Å². The van der Waals surface area contributed by atoms with Gasteiger partial charge < -0.3 is 4.42 Å². The third-order valence-electron chi connectivity index (χ3n) is 3.41. The third kappa shape index (κ3) is 3.32. The van der Waals surface area contributed by atoms with E-state index in [-0.39, 0.29) is 15.9 Å². The van der Waals surface area contributed by atoms with Gasteiger partial charge in [0.25, 0.3) is 10.0 Å². The van der Waals surface area contributed by atoms with Gasteiger partial charge in [-0.15, -0.1) is 0 Å². The molecule has 122 valence electrons. The lowest BCUT2D eigenvalue weighted by Crippen LogP contribution is -2.09. The fourth-order valence-electron chi connectivity index (χ4n) is 2.10. The molecule has 1 heterocycles. The predicted molar refractivity (Wildman–Crippen MR) is 96.1 cm³/mol. The Balaban J connectivity index is 2.03. The lowest BCUT2D eigenvalue weighted by Gasteiger charge is -2.00. The van der Waals surface area contributed by atoms with Crippen LogP contribution in [0.15, 0.2) is 71.7 Å². The highest BCUT2D eigenvalue weighted by atomic mass is 79.9. The van der Waals surface area contributed by atoms with E-state index >= 15 is 0 Å². The molecule has 0 aliphatic heterocycles. The fraction of sp³-hybridized carbons (Fsp3) is 0.0588. The zero-order valence-electron chi connectivity index (χ0n) is 12.6. The molecule has 0 saturated carbocycles. The van der Waals surface area contributed by atoms with Crippen LogP contribution in [-0.4, -0.2) is 14.6 Å². The van der Waals surface area contributed by atoms with Crippen LogP contribution in [0.4, 0.5) is 0 Å². The van der Waals surface area contributed by atoms with Crippen LogP contribution in [-0.2, 0) is 10.0 Å². The number of aryl methyl sites for hydroxylation is 1. The summed E-state index contributed by atoms with van der Waals surface area (Å²) in [6, 6.07) is 11.3. The number of hydrogen-bond acceptors (Lipinski definition) is 4. The van der Waals surface area contributed by atoms with Gasteiger partial charge in [-0.2, -0.15) is 12.8 Å². The minimum atomic E-state index is -3.87. The number of halogens is 1. The molecule has 0 N–H and O–H groups in total. The topological polar surface area (TPSA) is 76.7 Å². The number of nitrogens with zero attached hydrogens (tertiary/aromatic N) is 1. The quantitative estimate of drug-likeness (QED) is 0.622. The van der Waals surface area contributed by atoms with Crippen molar-refractivity contribution in [2.75, 3.05) is 0 Å². The van der Waals surface area contributed by atoms with E-state index in [2.05, 4.69) is 20.3 Å². The van der Waals surface area contributed by atoms with Crippen molar-refractivity contribution in [2.24, 2.45) is 4.40 Å². The Bertz CT molecular complexity index is 1100. The monoisotopic (exact) mass is 405 g/mol. The molecule has 2 aromatic carbocycles. The van der Waals surface area contributed by atoms with Gasteiger partial charge in [0, 0.05) is 4.47 Å². The van der Waals surface area contributed by atoms with Crippen molar-refractivity contribution in [3.8, 4) is 0 Å². The van der Waals surface area contributed by atoms with Crippen LogP contribution in [0.5, 0.6) is 0 Å². The maximum absolute atomic E-state index is 12.4. The molecule has 0 saturated heterocycles. The largest absolute Gasteiger partial charge is 0.463 e. The minimum Gasteiger partial charge on any atom is -0.463 e. The standard InChI is InChI=1S/C17H12BrNO4S/c1-11-2-5-14(6-3-11)24(21,22)19-9-12-10-23-16-7-4-13(18)8-15(16)17(12)20/h2-10H,1H3/b19-9+. The van der Waals surface area contributed by atoms with Crippen LogP contribution in [0.2, 0.25) is 0 Å². The zero-order valence-corrected chi connectivity index (χ0v) is 15.0. The summed E-state index contributed by atoms with van der Waals surface area (Å²) in [6.45, 7) is 1.86. The summed E-state index contributed by atoms with van der Waals surface area (Å²) in [5.74, 6) is 0. The Morgan fingerprint density at radius 3 is 2.54 bits per heavy atom. The summed E-state index contributed by atoms with van der Waals surface area (Å²) < 4.78 is 34.1. The lowest BCUT2D eigenvalue weighted by atomic mass is 10.2. The molecule has 0 unspecified atom stereocenters. The Morgan fingerprint density at radius 1 is 1.12 bits per heavy atom. The molecular weight excluding hydrogens is 394 g/mol. The molecule has 0 spiro atoms. The van der Waals surface area contributed by atoms with Crippen molar-refractivity contribution in [1.29, 1.82) is 0 Å². The Kier molecular flexibility index (Phi) is 4.38. The second-order valence-corrected chi connectivity index (χ2v) is 7.73. The van der Waals surface area contributed by atoms with Crippen molar-refractivity contribution >= 4 is 43.1 Å². The number of sulfonamides is 1. The maximum Gasteiger partial charge on any atom is 0.282 e. The van der Waals surface area contributed by atoms with Crippen molar-refractivity contribution in [3.05, 3.63) is 74.6 Å².